The number of ether oxygens (including phenoxy) is 2. The lowest BCUT2D eigenvalue weighted by Crippen LogP contribution is -2.36. The minimum absolute atomic E-state index is 0.0191. The molecule has 146 valence electrons. The second kappa shape index (κ2) is 9.03. The van der Waals surface area contributed by atoms with Gasteiger partial charge in [-0.1, -0.05) is 36.4 Å². The van der Waals surface area contributed by atoms with Crippen molar-refractivity contribution in [3.05, 3.63) is 59.7 Å². The van der Waals surface area contributed by atoms with Crippen molar-refractivity contribution in [2.75, 3.05) is 27.3 Å². The van der Waals surface area contributed by atoms with E-state index < -0.39 is 0 Å². The molecule has 0 saturated carbocycles. The average molecular weight is 381 g/mol. The number of nitrogens with zero attached hydrogens (tertiary/aromatic N) is 2. The molecule has 2 aromatic carbocycles. The Bertz CT molecular complexity index is 867. The van der Waals surface area contributed by atoms with Crippen LogP contribution in [0.1, 0.15) is 23.5 Å². The van der Waals surface area contributed by atoms with Crippen LogP contribution in [0.25, 0.3) is 0 Å². The fourth-order valence-electron chi connectivity index (χ4n) is 3.27. The average Bonchev–Trinajstić information content (AvgIpc) is 3.08. The fraction of sp³-hybridized carbons (Fsp3) is 0.286. The van der Waals surface area contributed by atoms with E-state index in [2.05, 4.69) is 10.5 Å². The van der Waals surface area contributed by atoms with Crippen LogP contribution in [-0.4, -0.2) is 50.2 Å². The minimum Gasteiger partial charge on any atom is -0.493 e. The largest absolute Gasteiger partial charge is 0.493 e. The van der Waals surface area contributed by atoms with Crippen LogP contribution in [0.5, 0.6) is 11.5 Å². The smallest absolute Gasteiger partial charge is 0.259 e. The molecule has 0 bridgehead atoms. The molecule has 0 unspecified atom stereocenters. The maximum absolute atomic E-state index is 12.2. The van der Waals surface area contributed by atoms with Crippen molar-refractivity contribution in [3.63, 3.8) is 0 Å². The fourth-order valence-corrected chi connectivity index (χ4v) is 3.27. The number of carbonyl (C=O) groups is 2. The predicted octanol–water partition coefficient (Wildman–Crippen LogP) is 2.17. The first-order valence-corrected chi connectivity index (χ1v) is 8.98. The molecule has 7 heteroatoms. The van der Waals surface area contributed by atoms with Crippen molar-refractivity contribution in [3.8, 4) is 11.5 Å². The summed E-state index contributed by atoms with van der Waals surface area (Å²) in [5.74, 6) is 0.851. The number of hydrazone groups is 1. The molecule has 3 rings (SSSR count). The molecule has 1 N–H and O–H groups in total. The van der Waals surface area contributed by atoms with E-state index in [0.29, 0.717) is 30.0 Å². The number of amides is 2. The third-order valence-corrected chi connectivity index (χ3v) is 4.65. The van der Waals surface area contributed by atoms with Crippen LogP contribution in [0.15, 0.2) is 53.6 Å². The van der Waals surface area contributed by atoms with Gasteiger partial charge in [-0.25, -0.2) is 5.43 Å². The molecule has 0 aromatic heterocycles. The van der Waals surface area contributed by atoms with Gasteiger partial charge in [0.25, 0.3) is 5.91 Å². The molecule has 0 radical (unpaired) electrons. The Balaban J connectivity index is 1.56. The van der Waals surface area contributed by atoms with Crippen LogP contribution in [0.3, 0.4) is 0 Å². The molecule has 28 heavy (non-hydrogen) atoms. The third-order valence-electron chi connectivity index (χ3n) is 4.65. The van der Waals surface area contributed by atoms with Gasteiger partial charge in [-0.15, -0.1) is 0 Å². The van der Waals surface area contributed by atoms with Crippen LogP contribution < -0.4 is 14.9 Å². The lowest BCUT2D eigenvalue weighted by atomic mass is 9.99. The molecular formula is C21H23N3O4. The number of para-hydroxylation sites is 1. The van der Waals surface area contributed by atoms with Gasteiger partial charge in [0.05, 0.1) is 20.4 Å². The van der Waals surface area contributed by atoms with Crippen molar-refractivity contribution in [1.29, 1.82) is 0 Å². The molecule has 1 saturated heterocycles. The first-order chi connectivity index (χ1) is 13.6. The van der Waals surface area contributed by atoms with Crippen LogP contribution in [0.2, 0.25) is 0 Å². The van der Waals surface area contributed by atoms with E-state index in [0.717, 1.165) is 5.56 Å². The number of methoxy groups -OCH3 is 2. The summed E-state index contributed by atoms with van der Waals surface area (Å²) in [7, 11) is 3.09. The SMILES string of the molecule is COc1cccc(/C=N\NC(=O)CN2C[C@@H](c3ccccc3)CC2=O)c1OC. The summed E-state index contributed by atoms with van der Waals surface area (Å²) in [6.45, 7) is 0.512. The monoisotopic (exact) mass is 381 g/mol. The van der Waals surface area contributed by atoms with Crippen molar-refractivity contribution < 1.29 is 19.1 Å². The van der Waals surface area contributed by atoms with Gasteiger partial charge in [-0.2, -0.15) is 5.10 Å². The molecule has 7 nitrogen and oxygen atoms in total. The maximum Gasteiger partial charge on any atom is 0.259 e. The first-order valence-electron chi connectivity index (χ1n) is 8.98. The highest BCUT2D eigenvalue weighted by Crippen LogP contribution is 2.29. The van der Waals surface area contributed by atoms with E-state index in [1.54, 1.807) is 30.2 Å². The number of benzene rings is 2. The van der Waals surface area contributed by atoms with Gasteiger partial charge >= 0.3 is 0 Å². The highest BCUT2D eigenvalue weighted by molar-refractivity contribution is 5.89. The molecule has 0 aliphatic carbocycles. The molecule has 1 fully saturated rings. The Hall–Kier alpha value is -3.35. The zero-order valence-corrected chi connectivity index (χ0v) is 15.9. The summed E-state index contributed by atoms with van der Waals surface area (Å²) in [6.07, 6.45) is 1.90. The molecular weight excluding hydrogens is 358 g/mol. The van der Waals surface area contributed by atoms with E-state index in [-0.39, 0.29) is 24.3 Å². The van der Waals surface area contributed by atoms with Gasteiger partial charge in [-0.05, 0) is 17.7 Å². The second-order valence-electron chi connectivity index (χ2n) is 6.46. The van der Waals surface area contributed by atoms with E-state index in [4.69, 9.17) is 9.47 Å². The van der Waals surface area contributed by atoms with Gasteiger partial charge < -0.3 is 14.4 Å². The summed E-state index contributed by atoms with van der Waals surface area (Å²) >= 11 is 0. The molecule has 2 aromatic rings. The number of nitrogens with one attached hydrogen (secondary N) is 1. The van der Waals surface area contributed by atoms with Gasteiger partial charge in [0.2, 0.25) is 5.91 Å². The Morgan fingerprint density at radius 2 is 1.96 bits per heavy atom. The highest BCUT2D eigenvalue weighted by Gasteiger charge is 2.31. The van der Waals surface area contributed by atoms with E-state index in [1.807, 2.05) is 30.3 Å². The topological polar surface area (TPSA) is 80.2 Å². The van der Waals surface area contributed by atoms with Crippen LogP contribution >= 0.6 is 0 Å². The Kier molecular flexibility index (Phi) is 6.26. The summed E-state index contributed by atoms with van der Waals surface area (Å²) in [6, 6.07) is 15.2. The Morgan fingerprint density at radius 3 is 2.68 bits per heavy atom. The zero-order valence-electron chi connectivity index (χ0n) is 15.9. The summed E-state index contributed by atoms with van der Waals surface area (Å²) < 4.78 is 10.6. The van der Waals surface area contributed by atoms with E-state index in [9.17, 15) is 9.59 Å². The van der Waals surface area contributed by atoms with Gasteiger partial charge in [-0.3, -0.25) is 9.59 Å². The van der Waals surface area contributed by atoms with Crippen LogP contribution in [0.4, 0.5) is 0 Å². The normalized spacial score (nSPS) is 16.4. The Morgan fingerprint density at radius 1 is 1.18 bits per heavy atom. The lowest BCUT2D eigenvalue weighted by molar-refractivity contribution is -0.133. The van der Waals surface area contributed by atoms with E-state index in [1.165, 1.54) is 13.3 Å². The van der Waals surface area contributed by atoms with Crippen molar-refractivity contribution in [2.24, 2.45) is 5.10 Å². The maximum atomic E-state index is 12.2. The second-order valence-corrected chi connectivity index (χ2v) is 6.46. The minimum atomic E-state index is -0.347. The highest BCUT2D eigenvalue weighted by atomic mass is 16.5. The van der Waals surface area contributed by atoms with Crippen molar-refractivity contribution in [2.45, 2.75) is 12.3 Å². The number of likely N-dealkylation sites (tertiary alicyclic amines) is 1. The molecule has 0 spiro atoms. The molecule has 1 aliphatic rings. The molecule has 1 aliphatic heterocycles. The zero-order chi connectivity index (χ0) is 19.9. The third kappa shape index (κ3) is 4.49. The quantitative estimate of drug-likeness (QED) is 0.589. The molecule has 1 atom stereocenters. The number of hydrogen-bond donors (Lipinski definition) is 1. The van der Waals surface area contributed by atoms with Gasteiger partial charge in [0.1, 0.15) is 6.54 Å². The summed E-state index contributed by atoms with van der Waals surface area (Å²) in [5, 5.41) is 3.97. The van der Waals surface area contributed by atoms with Crippen LogP contribution in [-0.2, 0) is 9.59 Å². The number of rotatable bonds is 7. The number of hydrogen-bond acceptors (Lipinski definition) is 5. The van der Waals surface area contributed by atoms with Crippen molar-refractivity contribution in [1.82, 2.24) is 10.3 Å². The summed E-state index contributed by atoms with van der Waals surface area (Å²) in [5.41, 5.74) is 4.25. The van der Waals surface area contributed by atoms with E-state index >= 15 is 0 Å². The van der Waals surface area contributed by atoms with Gasteiger partial charge in [0.15, 0.2) is 11.5 Å². The summed E-state index contributed by atoms with van der Waals surface area (Å²) in [4.78, 5) is 26.0. The Labute approximate surface area is 163 Å². The number of carbonyl (C=O) groups excluding carboxylic acids is 2. The van der Waals surface area contributed by atoms with Crippen molar-refractivity contribution >= 4 is 18.0 Å². The molecule has 2 amide bonds. The van der Waals surface area contributed by atoms with Crippen LogP contribution in [0, 0.1) is 0 Å². The first kappa shape index (κ1) is 19.4. The predicted molar refractivity (Wildman–Crippen MR) is 106 cm³/mol. The standard InChI is InChI=1S/C21H23N3O4/c1-27-18-10-6-9-16(21(18)28-2)12-22-23-19(25)14-24-13-17(11-20(24)26)15-7-4-3-5-8-15/h3-10,12,17H,11,13-14H2,1-2H3,(H,23,25)/b22-12-/t17-/m0/s1. The van der Waals surface area contributed by atoms with Gasteiger partial charge in [0, 0.05) is 24.4 Å². The lowest BCUT2D eigenvalue weighted by Gasteiger charge is -2.15. The molecule has 1 heterocycles.